The average molecular weight is 374 g/mol. The molecule has 8 heteroatoms. The molecular formula is C19H30N6O2. The number of hydrogen-bond donors (Lipinski definition) is 0. The van der Waals surface area contributed by atoms with Gasteiger partial charge in [0.2, 0.25) is 17.8 Å². The molecule has 2 aliphatic heterocycles. The van der Waals surface area contributed by atoms with Crippen molar-refractivity contribution in [3.8, 4) is 0 Å². The molecule has 2 unspecified atom stereocenters. The van der Waals surface area contributed by atoms with E-state index in [4.69, 9.17) is 0 Å². The van der Waals surface area contributed by atoms with Crippen molar-refractivity contribution >= 4 is 17.8 Å². The third kappa shape index (κ3) is 4.74. The highest BCUT2D eigenvalue weighted by atomic mass is 16.2. The van der Waals surface area contributed by atoms with Crippen molar-refractivity contribution in [1.82, 2.24) is 24.7 Å². The van der Waals surface area contributed by atoms with Crippen LogP contribution in [-0.2, 0) is 9.59 Å². The first kappa shape index (κ1) is 19.5. The molecule has 0 saturated carbocycles. The van der Waals surface area contributed by atoms with Crippen LogP contribution in [0.5, 0.6) is 0 Å². The fourth-order valence-corrected chi connectivity index (χ4v) is 3.77. The highest BCUT2D eigenvalue weighted by Crippen LogP contribution is 2.16. The number of carbonyl (C=O) groups excluding carboxylic acids is 2. The Bertz CT molecular complexity index is 647. The van der Waals surface area contributed by atoms with Gasteiger partial charge < -0.3 is 14.7 Å². The molecule has 3 rings (SSSR count). The Morgan fingerprint density at radius 3 is 2.26 bits per heavy atom. The number of aromatic nitrogens is 2. The smallest absolute Gasteiger partial charge is 0.225 e. The second-order valence-corrected chi connectivity index (χ2v) is 7.60. The minimum Gasteiger partial charge on any atom is -0.339 e. The summed E-state index contributed by atoms with van der Waals surface area (Å²) < 4.78 is 0. The summed E-state index contributed by atoms with van der Waals surface area (Å²) in [5.41, 5.74) is 0. The molecular weight excluding hydrogens is 344 g/mol. The lowest BCUT2D eigenvalue weighted by atomic mass is 10.1. The number of piperazine rings is 2. The van der Waals surface area contributed by atoms with E-state index in [1.165, 1.54) is 0 Å². The van der Waals surface area contributed by atoms with Crippen molar-refractivity contribution in [3.05, 3.63) is 18.5 Å². The standard InChI is InChI=1S/C19H30N6O2/c1-15-14-25(16(2)13-22(15)3)18(27)6-5-17(26)23-9-11-24(12-10-23)19-20-7-4-8-21-19/h4,7-8,15-16H,5-6,9-14H2,1-3H3. The summed E-state index contributed by atoms with van der Waals surface area (Å²) in [7, 11) is 2.09. The predicted octanol–water partition coefficient (Wildman–Crippen LogP) is 0.456. The molecule has 2 aliphatic rings. The number of hydrogen-bond acceptors (Lipinski definition) is 6. The highest BCUT2D eigenvalue weighted by molar-refractivity contribution is 5.84. The van der Waals surface area contributed by atoms with E-state index in [9.17, 15) is 9.59 Å². The predicted molar refractivity (Wildman–Crippen MR) is 103 cm³/mol. The topological polar surface area (TPSA) is 72.9 Å². The lowest BCUT2D eigenvalue weighted by Crippen LogP contribution is -2.56. The molecule has 0 bridgehead atoms. The molecule has 148 valence electrons. The van der Waals surface area contributed by atoms with Crippen LogP contribution in [0.4, 0.5) is 5.95 Å². The van der Waals surface area contributed by atoms with E-state index in [-0.39, 0.29) is 24.3 Å². The van der Waals surface area contributed by atoms with E-state index in [1.54, 1.807) is 18.5 Å². The second kappa shape index (κ2) is 8.65. The van der Waals surface area contributed by atoms with E-state index >= 15 is 0 Å². The van der Waals surface area contributed by atoms with Crippen LogP contribution < -0.4 is 4.90 Å². The first-order valence-electron chi connectivity index (χ1n) is 9.75. The molecule has 2 fully saturated rings. The molecule has 0 spiro atoms. The first-order chi connectivity index (χ1) is 13.0. The SMILES string of the molecule is CC1CN(C(=O)CCC(=O)N2CCN(c3ncccn3)CC2)C(C)CN1C. The molecule has 1 aromatic heterocycles. The van der Waals surface area contributed by atoms with E-state index in [2.05, 4.69) is 40.7 Å². The van der Waals surface area contributed by atoms with E-state index in [0.717, 1.165) is 26.2 Å². The molecule has 0 aromatic carbocycles. The second-order valence-electron chi connectivity index (χ2n) is 7.60. The first-order valence-corrected chi connectivity index (χ1v) is 9.75. The Hall–Kier alpha value is -2.22. The highest BCUT2D eigenvalue weighted by Gasteiger charge is 2.30. The van der Waals surface area contributed by atoms with Crippen LogP contribution in [-0.4, -0.2) is 94.9 Å². The number of anilines is 1. The monoisotopic (exact) mass is 374 g/mol. The third-order valence-corrected chi connectivity index (χ3v) is 5.64. The van der Waals surface area contributed by atoms with E-state index in [1.807, 2.05) is 9.80 Å². The average Bonchev–Trinajstić information content (AvgIpc) is 2.69. The molecule has 27 heavy (non-hydrogen) atoms. The summed E-state index contributed by atoms with van der Waals surface area (Å²) in [5, 5.41) is 0. The third-order valence-electron chi connectivity index (χ3n) is 5.64. The maximum atomic E-state index is 12.6. The van der Waals surface area contributed by atoms with Crippen LogP contribution in [0.1, 0.15) is 26.7 Å². The Morgan fingerprint density at radius 1 is 0.963 bits per heavy atom. The summed E-state index contributed by atoms with van der Waals surface area (Å²) in [6, 6.07) is 2.35. The van der Waals surface area contributed by atoms with Crippen LogP contribution in [0.3, 0.4) is 0 Å². The van der Waals surface area contributed by atoms with Gasteiger partial charge in [0, 0.05) is 76.6 Å². The van der Waals surface area contributed by atoms with Crippen molar-refractivity contribution in [3.63, 3.8) is 0 Å². The van der Waals surface area contributed by atoms with Crippen LogP contribution in [0.25, 0.3) is 0 Å². The van der Waals surface area contributed by atoms with Crippen molar-refractivity contribution in [2.24, 2.45) is 0 Å². The van der Waals surface area contributed by atoms with E-state index < -0.39 is 0 Å². The molecule has 3 heterocycles. The van der Waals surface area contributed by atoms with Gasteiger partial charge in [-0.2, -0.15) is 0 Å². The minimum atomic E-state index is 0.0619. The summed E-state index contributed by atoms with van der Waals surface area (Å²) in [6.07, 6.45) is 4.03. The van der Waals surface area contributed by atoms with Crippen molar-refractivity contribution in [1.29, 1.82) is 0 Å². The van der Waals surface area contributed by atoms with Crippen LogP contribution in [0, 0.1) is 0 Å². The number of carbonyl (C=O) groups is 2. The van der Waals surface area contributed by atoms with Gasteiger partial charge in [0.15, 0.2) is 0 Å². The van der Waals surface area contributed by atoms with E-state index in [0.29, 0.717) is 31.5 Å². The largest absolute Gasteiger partial charge is 0.339 e. The molecule has 2 saturated heterocycles. The number of nitrogens with zero attached hydrogens (tertiary/aromatic N) is 6. The lowest BCUT2D eigenvalue weighted by Gasteiger charge is -2.42. The van der Waals surface area contributed by atoms with Gasteiger partial charge in [-0.3, -0.25) is 14.5 Å². The zero-order valence-electron chi connectivity index (χ0n) is 16.5. The summed E-state index contributed by atoms with van der Waals surface area (Å²) in [4.78, 5) is 41.8. The lowest BCUT2D eigenvalue weighted by molar-refractivity contribution is -0.140. The van der Waals surface area contributed by atoms with Gasteiger partial charge in [-0.15, -0.1) is 0 Å². The number of rotatable bonds is 4. The molecule has 1 aromatic rings. The normalized spacial score (nSPS) is 24.2. The van der Waals surface area contributed by atoms with Gasteiger partial charge in [0.1, 0.15) is 0 Å². The zero-order chi connectivity index (χ0) is 19.4. The summed E-state index contributed by atoms with van der Waals surface area (Å²) in [6.45, 7) is 8.55. The molecule has 0 N–H and O–H groups in total. The molecule has 0 aliphatic carbocycles. The summed E-state index contributed by atoms with van der Waals surface area (Å²) in [5.74, 6) is 0.858. The molecule has 8 nitrogen and oxygen atoms in total. The Morgan fingerprint density at radius 2 is 1.59 bits per heavy atom. The maximum absolute atomic E-state index is 12.6. The maximum Gasteiger partial charge on any atom is 0.225 e. The summed E-state index contributed by atoms with van der Waals surface area (Å²) >= 11 is 0. The van der Waals surface area contributed by atoms with Gasteiger partial charge in [-0.25, -0.2) is 9.97 Å². The zero-order valence-corrected chi connectivity index (χ0v) is 16.5. The number of likely N-dealkylation sites (N-methyl/N-ethyl adjacent to an activating group) is 1. The minimum absolute atomic E-state index is 0.0619. The van der Waals surface area contributed by atoms with Gasteiger partial charge in [0.05, 0.1) is 0 Å². The van der Waals surface area contributed by atoms with Gasteiger partial charge in [-0.05, 0) is 27.0 Å². The van der Waals surface area contributed by atoms with Crippen molar-refractivity contribution in [2.45, 2.75) is 38.8 Å². The van der Waals surface area contributed by atoms with Crippen LogP contribution in [0.15, 0.2) is 18.5 Å². The van der Waals surface area contributed by atoms with Gasteiger partial charge >= 0.3 is 0 Å². The van der Waals surface area contributed by atoms with Gasteiger partial charge in [-0.1, -0.05) is 0 Å². The van der Waals surface area contributed by atoms with Crippen molar-refractivity contribution < 1.29 is 9.59 Å². The Balaban J connectivity index is 1.44. The molecule has 2 atom stereocenters. The molecule has 2 amide bonds. The fourth-order valence-electron chi connectivity index (χ4n) is 3.77. The Labute approximate surface area is 161 Å². The van der Waals surface area contributed by atoms with Crippen molar-refractivity contribution in [2.75, 3.05) is 51.2 Å². The number of amides is 2. The van der Waals surface area contributed by atoms with Crippen LogP contribution >= 0.6 is 0 Å². The van der Waals surface area contributed by atoms with Gasteiger partial charge in [0.25, 0.3) is 0 Å². The Kier molecular flexibility index (Phi) is 6.26. The quantitative estimate of drug-likeness (QED) is 0.762. The van der Waals surface area contributed by atoms with Crippen LogP contribution in [0.2, 0.25) is 0 Å². The fraction of sp³-hybridized carbons (Fsp3) is 0.684. The molecule has 0 radical (unpaired) electrons.